The summed E-state index contributed by atoms with van der Waals surface area (Å²) in [7, 11) is 0. The lowest BCUT2D eigenvalue weighted by molar-refractivity contribution is -0.117. The maximum Gasteiger partial charge on any atom is 0.256 e. The summed E-state index contributed by atoms with van der Waals surface area (Å²) in [5.74, 6) is 0.0987. The van der Waals surface area contributed by atoms with Crippen molar-refractivity contribution in [2.24, 2.45) is 5.92 Å². The topological polar surface area (TPSA) is 52.7 Å². The molecule has 0 unspecified atom stereocenters. The van der Waals surface area contributed by atoms with E-state index in [1.807, 2.05) is 59.5 Å². The van der Waals surface area contributed by atoms with Gasteiger partial charge in [0.25, 0.3) is 5.91 Å². The first kappa shape index (κ1) is 18.7. The highest BCUT2D eigenvalue weighted by Gasteiger charge is 2.31. The van der Waals surface area contributed by atoms with Crippen LogP contribution in [0.1, 0.15) is 23.2 Å². The van der Waals surface area contributed by atoms with Gasteiger partial charge < -0.3 is 15.1 Å². The highest BCUT2D eigenvalue weighted by molar-refractivity contribution is 6.08. The van der Waals surface area contributed by atoms with E-state index in [0.717, 1.165) is 36.7 Å². The maximum absolute atomic E-state index is 13.4. The fourth-order valence-corrected chi connectivity index (χ4v) is 4.08. The minimum absolute atomic E-state index is 0.0143. The van der Waals surface area contributed by atoms with Crippen molar-refractivity contribution in [3.05, 3.63) is 72.3 Å². The third-order valence-electron chi connectivity index (χ3n) is 6.01. The molecular weight excluding hydrogens is 374 g/mol. The zero-order valence-corrected chi connectivity index (χ0v) is 16.9. The summed E-state index contributed by atoms with van der Waals surface area (Å²) >= 11 is 0. The number of anilines is 2. The summed E-state index contributed by atoms with van der Waals surface area (Å²) < 4.78 is 0. The lowest BCUT2D eigenvalue weighted by atomic mass is 10.0. The minimum Gasteiger partial charge on any atom is -0.368 e. The predicted molar refractivity (Wildman–Crippen MR) is 120 cm³/mol. The molecule has 0 atom stereocenters. The van der Waals surface area contributed by atoms with Crippen molar-refractivity contribution < 1.29 is 9.59 Å². The monoisotopic (exact) mass is 399 g/mol. The quantitative estimate of drug-likeness (QED) is 0.717. The standard InChI is InChI=1S/C25H25N3O2/c29-24(18-10-11-18)26-23-17-20-7-5-4-6-19(20)16-22(23)25(30)28-14-12-27(13-15-28)21-8-2-1-3-9-21/h1-9,16-18H,10-15H2,(H,26,29). The number of hydrogen-bond donors (Lipinski definition) is 1. The average Bonchev–Trinajstić information content (AvgIpc) is 3.65. The van der Waals surface area contributed by atoms with Crippen LogP contribution in [0.5, 0.6) is 0 Å². The number of fused-ring (bicyclic) bond motifs is 1. The minimum atomic E-state index is -0.0143. The molecule has 1 saturated heterocycles. The summed E-state index contributed by atoms with van der Waals surface area (Å²) in [5, 5.41) is 5.05. The highest BCUT2D eigenvalue weighted by atomic mass is 16.2. The SMILES string of the molecule is O=C(Nc1cc2ccccc2cc1C(=O)N1CCN(c2ccccc2)CC1)C1CC1. The van der Waals surface area contributed by atoms with Gasteiger partial charge in [-0.25, -0.2) is 0 Å². The Hall–Kier alpha value is -3.34. The van der Waals surface area contributed by atoms with Crippen LogP contribution in [0.3, 0.4) is 0 Å². The molecule has 0 aromatic heterocycles. The van der Waals surface area contributed by atoms with E-state index < -0.39 is 0 Å². The normalized spacial score (nSPS) is 16.5. The fourth-order valence-electron chi connectivity index (χ4n) is 4.08. The number of benzene rings is 3. The Morgan fingerprint density at radius 3 is 2.10 bits per heavy atom. The van der Waals surface area contributed by atoms with E-state index in [4.69, 9.17) is 0 Å². The Labute approximate surface area is 176 Å². The van der Waals surface area contributed by atoms with Crippen LogP contribution in [-0.2, 0) is 4.79 Å². The molecule has 1 saturated carbocycles. The molecule has 5 nitrogen and oxygen atoms in total. The van der Waals surface area contributed by atoms with Crippen molar-refractivity contribution in [2.75, 3.05) is 36.4 Å². The maximum atomic E-state index is 13.4. The van der Waals surface area contributed by atoms with Gasteiger partial charge in [0.2, 0.25) is 5.91 Å². The van der Waals surface area contributed by atoms with Gasteiger partial charge in [-0.1, -0.05) is 42.5 Å². The summed E-state index contributed by atoms with van der Waals surface area (Å²) in [4.78, 5) is 30.1. The van der Waals surface area contributed by atoms with E-state index in [9.17, 15) is 9.59 Å². The molecule has 1 N–H and O–H groups in total. The number of piperazine rings is 1. The number of nitrogens with one attached hydrogen (secondary N) is 1. The molecule has 2 amide bonds. The van der Waals surface area contributed by atoms with Crippen LogP contribution in [0, 0.1) is 5.92 Å². The lowest BCUT2D eigenvalue weighted by Gasteiger charge is -2.36. The van der Waals surface area contributed by atoms with Gasteiger partial charge in [0.1, 0.15) is 0 Å². The second-order valence-corrected chi connectivity index (χ2v) is 8.12. The number of carbonyl (C=O) groups excluding carboxylic acids is 2. The van der Waals surface area contributed by atoms with Gasteiger partial charge in [-0.15, -0.1) is 0 Å². The van der Waals surface area contributed by atoms with E-state index >= 15 is 0 Å². The van der Waals surface area contributed by atoms with Gasteiger partial charge in [0.15, 0.2) is 0 Å². The van der Waals surface area contributed by atoms with Crippen LogP contribution in [0.2, 0.25) is 0 Å². The second kappa shape index (κ2) is 7.82. The summed E-state index contributed by atoms with van der Waals surface area (Å²) in [6, 6.07) is 22.1. The molecule has 0 radical (unpaired) electrons. The Bertz CT molecular complexity index is 1080. The third kappa shape index (κ3) is 3.75. The molecule has 3 aromatic carbocycles. The molecule has 2 aliphatic rings. The van der Waals surface area contributed by atoms with Crippen LogP contribution in [0.25, 0.3) is 10.8 Å². The predicted octanol–water partition coefficient (Wildman–Crippen LogP) is 4.15. The smallest absolute Gasteiger partial charge is 0.256 e. The number of carbonyl (C=O) groups is 2. The van der Waals surface area contributed by atoms with Crippen LogP contribution in [0.4, 0.5) is 11.4 Å². The molecule has 0 bridgehead atoms. The zero-order chi connectivity index (χ0) is 20.5. The Morgan fingerprint density at radius 2 is 1.43 bits per heavy atom. The highest BCUT2D eigenvalue weighted by Crippen LogP contribution is 2.32. The van der Waals surface area contributed by atoms with Crippen LogP contribution >= 0.6 is 0 Å². The van der Waals surface area contributed by atoms with E-state index in [-0.39, 0.29) is 17.7 Å². The first-order valence-corrected chi connectivity index (χ1v) is 10.6. The summed E-state index contributed by atoms with van der Waals surface area (Å²) in [6.07, 6.45) is 1.87. The Morgan fingerprint density at radius 1 is 0.800 bits per heavy atom. The first-order valence-electron chi connectivity index (χ1n) is 10.6. The van der Waals surface area contributed by atoms with Crippen LogP contribution < -0.4 is 10.2 Å². The summed E-state index contributed by atoms with van der Waals surface area (Å²) in [5.41, 5.74) is 2.39. The number of hydrogen-bond acceptors (Lipinski definition) is 3. The molecule has 1 aliphatic carbocycles. The molecule has 1 heterocycles. The van der Waals surface area contributed by atoms with E-state index in [2.05, 4.69) is 22.3 Å². The van der Waals surface area contributed by atoms with Gasteiger partial charge in [-0.05, 0) is 47.9 Å². The van der Waals surface area contributed by atoms with Gasteiger partial charge >= 0.3 is 0 Å². The molecule has 5 rings (SSSR count). The van der Waals surface area contributed by atoms with Gasteiger partial charge in [0.05, 0.1) is 11.3 Å². The second-order valence-electron chi connectivity index (χ2n) is 8.12. The molecule has 0 spiro atoms. The Kier molecular flexibility index (Phi) is 4.87. The van der Waals surface area contributed by atoms with E-state index in [1.54, 1.807) is 0 Å². The molecule has 3 aromatic rings. The number of nitrogens with zero attached hydrogens (tertiary/aromatic N) is 2. The van der Waals surface area contributed by atoms with Crippen molar-refractivity contribution in [3.63, 3.8) is 0 Å². The molecule has 5 heteroatoms. The summed E-state index contributed by atoms with van der Waals surface area (Å²) in [6.45, 7) is 2.92. The van der Waals surface area contributed by atoms with Crippen molar-refractivity contribution in [3.8, 4) is 0 Å². The average molecular weight is 399 g/mol. The molecular formula is C25H25N3O2. The van der Waals surface area contributed by atoms with Crippen molar-refractivity contribution in [1.82, 2.24) is 4.90 Å². The fraction of sp³-hybridized carbons (Fsp3) is 0.280. The van der Waals surface area contributed by atoms with Gasteiger partial charge in [-0.3, -0.25) is 9.59 Å². The zero-order valence-electron chi connectivity index (χ0n) is 16.9. The number of para-hydroxylation sites is 1. The largest absolute Gasteiger partial charge is 0.368 e. The molecule has 152 valence electrons. The molecule has 30 heavy (non-hydrogen) atoms. The van der Waals surface area contributed by atoms with E-state index in [1.165, 1.54) is 5.69 Å². The molecule has 1 aliphatic heterocycles. The van der Waals surface area contributed by atoms with Gasteiger partial charge in [0, 0.05) is 37.8 Å². The van der Waals surface area contributed by atoms with Crippen LogP contribution in [0.15, 0.2) is 66.7 Å². The number of rotatable bonds is 4. The first-order chi connectivity index (χ1) is 14.7. The Balaban J connectivity index is 1.39. The van der Waals surface area contributed by atoms with Crippen molar-refractivity contribution in [1.29, 1.82) is 0 Å². The van der Waals surface area contributed by atoms with Gasteiger partial charge in [-0.2, -0.15) is 0 Å². The molecule has 2 fully saturated rings. The van der Waals surface area contributed by atoms with E-state index in [0.29, 0.717) is 24.3 Å². The third-order valence-corrected chi connectivity index (χ3v) is 6.01. The van der Waals surface area contributed by atoms with Crippen LogP contribution in [-0.4, -0.2) is 42.9 Å². The van der Waals surface area contributed by atoms with Crippen molar-refractivity contribution >= 4 is 34.0 Å². The van der Waals surface area contributed by atoms with Crippen molar-refractivity contribution in [2.45, 2.75) is 12.8 Å². The lowest BCUT2D eigenvalue weighted by Crippen LogP contribution is -2.49. The number of amides is 2.